The number of carbonyl (C=O) groups is 1. The van der Waals surface area contributed by atoms with Gasteiger partial charge in [-0.1, -0.05) is 19.1 Å². The molecule has 1 N–H and O–H groups in total. The first-order valence-corrected chi connectivity index (χ1v) is 6.56. The van der Waals surface area contributed by atoms with E-state index < -0.39 is 0 Å². The molecule has 18 heavy (non-hydrogen) atoms. The zero-order valence-corrected chi connectivity index (χ0v) is 11.3. The third kappa shape index (κ3) is 2.66. The van der Waals surface area contributed by atoms with Crippen molar-refractivity contribution in [3.8, 4) is 5.75 Å². The highest BCUT2D eigenvalue weighted by molar-refractivity contribution is 5.81. The van der Waals surface area contributed by atoms with Crippen LogP contribution in [0.4, 0.5) is 0 Å². The van der Waals surface area contributed by atoms with Gasteiger partial charge in [0.2, 0.25) is 5.91 Å². The van der Waals surface area contributed by atoms with Gasteiger partial charge >= 0.3 is 0 Å². The third-order valence-corrected chi connectivity index (χ3v) is 3.46. The molecule has 1 aromatic rings. The quantitative estimate of drug-likeness (QED) is 0.888. The van der Waals surface area contributed by atoms with E-state index in [4.69, 9.17) is 4.74 Å². The fraction of sp³-hybridized carbons (Fsp3) is 0.533. The van der Waals surface area contributed by atoms with Crippen molar-refractivity contribution in [2.75, 3.05) is 6.61 Å². The van der Waals surface area contributed by atoms with Crippen molar-refractivity contribution in [2.24, 2.45) is 0 Å². The monoisotopic (exact) mass is 247 g/mol. The lowest BCUT2D eigenvalue weighted by molar-refractivity contribution is -0.119. The minimum atomic E-state index is -0.180. The molecule has 0 radical (unpaired) electrons. The van der Waals surface area contributed by atoms with E-state index >= 15 is 0 Å². The number of amides is 1. The van der Waals surface area contributed by atoms with E-state index in [1.54, 1.807) is 0 Å². The van der Waals surface area contributed by atoms with Crippen LogP contribution in [0.3, 0.4) is 0 Å². The Morgan fingerprint density at radius 3 is 2.83 bits per heavy atom. The number of hydrogen-bond donors (Lipinski definition) is 1. The van der Waals surface area contributed by atoms with Crippen LogP contribution in [-0.4, -0.2) is 18.1 Å². The zero-order valence-electron chi connectivity index (χ0n) is 11.3. The molecular formula is C15H21NO2. The third-order valence-electron chi connectivity index (χ3n) is 3.46. The van der Waals surface area contributed by atoms with E-state index in [0.717, 1.165) is 18.8 Å². The maximum Gasteiger partial charge on any atom is 0.221 e. The average molecular weight is 247 g/mol. The molecule has 3 nitrogen and oxygen atoms in total. The van der Waals surface area contributed by atoms with Crippen LogP contribution in [0, 0.1) is 0 Å². The van der Waals surface area contributed by atoms with E-state index in [1.165, 1.54) is 5.56 Å². The minimum Gasteiger partial charge on any atom is -0.494 e. The van der Waals surface area contributed by atoms with Gasteiger partial charge in [0.1, 0.15) is 5.75 Å². The molecule has 0 aromatic heterocycles. The molecule has 0 saturated carbocycles. The molecule has 0 bridgehead atoms. The number of benzene rings is 1. The Morgan fingerprint density at radius 2 is 2.22 bits per heavy atom. The fourth-order valence-corrected chi connectivity index (χ4v) is 2.51. The number of carbonyl (C=O) groups excluding carboxylic acids is 1. The Kier molecular flexibility index (Phi) is 3.60. The fourth-order valence-electron chi connectivity index (χ4n) is 2.51. The van der Waals surface area contributed by atoms with Crippen LogP contribution in [0.1, 0.15) is 45.1 Å². The smallest absolute Gasteiger partial charge is 0.221 e. The van der Waals surface area contributed by atoms with Crippen molar-refractivity contribution in [1.29, 1.82) is 0 Å². The van der Waals surface area contributed by atoms with Gasteiger partial charge in [-0.3, -0.25) is 4.79 Å². The van der Waals surface area contributed by atoms with Crippen molar-refractivity contribution >= 4 is 5.91 Å². The predicted octanol–water partition coefficient (Wildman–Crippen LogP) is 2.86. The van der Waals surface area contributed by atoms with Gasteiger partial charge in [-0.05, 0) is 38.0 Å². The first-order chi connectivity index (χ1) is 8.53. The first-order valence-electron chi connectivity index (χ1n) is 6.56. The highest BCUT2D eigenvalue weighted by atomic mass is 16.5. The molecule has 1 unspecified atom stereocenters. The summed E-state index contributed by atoms with van der Waals surface area (Å²) in [6, 6.07) is 8.10. The van der Waals surface area contributed by atoms with E-state index in [1.807, 2.05) is 12.1 Å². The van der Waals surface area contributed by atoms with Crippen LogP contribution < -0.4 is 10.1 Å². The van der Waals surface area contributed by atoms with Gasteiger partial charge in [0.15, 0.2) is 0 Å². The first kappa shape index (κ1) is 12.9. The normalized spacial score (nSPS) is 21.7. The minimum absolute atomic E-state index is 0.130. The van der Waals surface area contributed by atoms with Gasteiger partial charge in [0.25, 0.3) is 0 Å². The summed E-state index contributed by atoms with van der Waals surface area (Å²) in [4.78, 5) is 11.6. The second-order valence-corrected chi connectivity index (χ2v) is 5.45. The maximum atomic E-state index is 11.6. The Labute approximate surface area is 109 Å². The SMILES string of the molecule is CCCOc1cccc(C2CC(=O)NC2(C)C)c1. The van der Waals surface area contributed by atoms with Gasteiger partial charge in [-0.2, -0.15) is 0 Å². The topological polar surface area (TPSA) is 38.3 Å². The summed E-state index contributed by atoms with van der Waals surface area (Å²) in [5.41, 5.74) is 0.993. The Morgan fingerprint density at radius 1 is 1.44 bits per heavy atom. The van der Waals surface area contributed by atoms with Crippen LogP contribution in [0.25, 0.3) is 0 Å². The molecule has 1 atom stereocenters. The van der Waals surface area contributed by atoms with Crippen molar-refractivity contribution in [3.05, 3.63) is 29.8 Å². The molecule has 1 saturated heterocycles. The van der Waals surface area contributed by atoms with Crippen molar-refractivity contribution in [1.82, 2.24) is 5.32 Å². The molecule has 1 aliphatic heterocycles. The molecule has 98 valence electrons. The van der Waals surface area contributed by atoms with Crippen LogP contribution in [0.15, 0.2) is 24.3 Å². The lowest BCUT2D eigenvalue weighted by Gasteiger charge is -2.26. The average Bonchev–Trinajstić information content (AvgIpc) is 2.60. The molecule has 1 aromatic carbocycles. The van der Waals surface area contributed by atoms with E-state index in [2.05, 4.69) is 38.2 Å². The Balaban J connectivity index is 2.20. The molecule has 1 heterocycles. The molecule has 0 spiro atoms. The molecule has 1 aliphatic rings. The van der Waals surface area contributed by atoms with E-state index in [0.29, 0.717) is 6.42 Å². The highest BCUT2D eigenvalue weighted by Gasteiger charge is 2.39. The second kappa shape index (κ2) is 5.01. The summed E-state index contributed by atoms with van der Waals surface area (Å²) < 4.78 is 5.65. The molecule has 1 fully saturated rings. The number of hydrogen-bond acceptors (Lipinski definition) is 2. The van der Waals surface area contributed by atoms with Crippen LogP contribution in [0.5, 0.6) is 5.75 Å². The largest absolute Gasteiger partial charge is 0.494 e. The molecule has 2 rings (SSSR count). The Bertz CT molecular complexity index is 440. The van der Waals surface area contributed by atoms with Gasteiger partial charge in [-0.15, -0.1) is 0 Å². The molecular weight excluding hydrogens is 226 g/mol. The summed E-state index contributed by atoms with van der Waals surface area (Å²) in [5.74, 6) is 1.24. The lowest BCUT2D eigenvalue weighted by Crippen LogP contribution is -2.38. The number of ether oxygens (including phenoxy) is 1. The van der Waals surface area contributed by atoms with E-state index in [9.17, 15) is 4.79 Å². The van der Waals surface area contributed by atoms with Crippen LogP contribution in [0.2, 0.25) is 0 Å². The number of rotatable bonds is 4. The van der Waals surface area contributed by atoms with Crippen LogP contribution in [-0.2, 0) is 4.79 Å². The summed E-state index contributed by atoms with van der Waals surface area (Å²) in [6.07, 6.45) is 1.56. The predicted molar refractivity (Wildman–Crippen MR) is 71.8 cm³/mol. The molecule has 1 amide bonds. The summed E-state index contributed by atoms with van der Waals surface area (Å²) in [5, 5.41) is 3.02. The zero-order chi connectivity index (χ0) is 13.2. The second-order valence-electron chi connectivity index (χ2n) is 5.45. The Hall–Kier alpha value is -1.51. The van der Waals surface area contributed by atoms with Crippen molar-refractivity contribution < 1.29 is 9.53 Å². The van der Waals surface area contributed by atoms with Crippen molar-refractivity contribution in [3.63, 3.8) is 0 Å². The van der Waals surface area contributed by atoms with Crippen LogP contribution >= 0.6 is 0 Å². The van der Waals surface area contributed by atoms with Gasteiger partial charge in [-0.25, -0.2) is 0 Å². The standard InChI is InChI=1S/C15H21NO2/c1-4-8-18-12-7-5-6-11(9-12)13-10-14(17)16-15(13,2)3/h5-7,9,13H,4,8,10H2,1-3H3,(H,16,17). The highest BCUT2D eigenvalue weighted by Crippen LogP contribution is 2.37. The van der Waals surface area contributed by atoms with Gasteiger partial charge in [0, 0.05) is 17.9 Å². The molecule has 0 aliphatic carbocycles. The summed E-state index contributed by atoms with van der Waals surface area (Å²) in [6.45, 7) is 6.96. The summed E-state index contributed by atoms with van der Waals surface area (Å²) >= 11 is 0. The lowest BCUT2D eigenvalue weighted by atomic mass is 9.83. The van der Waals surface area contributed by atoms with E-state index in [-0.39, 0.29) is 17.4 Å². The number of nitrogens with one attached hydrogen (secondary N) is 1. The summed E-state index contributed by atoms with van der Waals surface area (Å²) in [7, 11) is 0. The molecule has 3 heteroatoms. The maximum absolute atomic E-state index is 11.6. The van der Waals surface area contributed by atoms with Gasteiger partial charge < -0.3 is 10.1 Å². The van der Waals surface area contributed by atoms with Gasteiger partial charge in [0.05, 0.1) is 6.61 Å². The van der Waals surface area contributed by atoms with Crippen molar-refractivity contribution in [2.45, 2.75) is 45.1 Å².